The van der Waals surface area contributed by atoms with E-state index in [9.17, 15) is 28.8 Å². The molecule has 0 atom stereocenters. The molecule has 0 spiro atoms. The van der Waals surface area contributed by atoms with Crippen LogP contribution in [0.15, 0.2) is 21.7 Å². The highest BCUT2D eigenvalue weighted by atomic mass is 35.5. The molecule has 2 rings (SSSR count). The lowest BCUT2D eigenvalue weighted by Gasteiger charge is -2.06. The van der Waals surface area contributed by atoms with Gasteiger partial charge in [0, 0.05) is 52.7 Å². The molecule has 0 aliphatic rings. The van der Waals surface area contributed by atoms with Crippen molar-refractivity contribution in [3.8, 4) is 0 Å². The lowest BCUT2D eigenvalue weighted by Crippen LogP contribution is -2.36. The number of nitrogens with one attached hydrogen (secondary N) is 1. The van der Waals surface area contributed by atoms with Gasteiger partial charge in [-0.1, -0.05) is 0 Å². The van der Waals surface area contributed by atoms with Crippen LogP contribution in [0.2, 0.25) is 0 Å². The van der Waals surface area contributed by atoms with E-state index in [-0.39, 0.29) is 0 Å². The number of carbonyl (C=O) groups is 4. The lowest BCUT2D eigenvalue weighted by atomic mass is 10.6. The Morgan fingerprint density at radius 2 is 1.34 bits per heavy atom. The highest BCUT2D eigenvalue weighted by Gasteiger charge is 2.14. The molecular weight excluding hydrogens is 496 g/mol. The minimum Gasteiger partial charge on any atom is -0.466 e. The van der Waals surface area contributed by atoms with E-state index >= 15 is 0 Å². The number of esters is 2. The highest BCUT2D eigenvalue weighted by Crippen LogP contribution is 1.85. The SMILES string of the molecule is CN(C)C(=O)Cl.COC(=O)/C=C/n1nn[nH]c1=O.COC(=O)/C=C/n1nnn(C(=O)N(C)C)c1=O. The van der Waals surface area contributed by atoms with Gasteiger partial charge in [0.15, 0.2) is 0 Å². The van der Waals surface area contributed by atoms with E-state index in [1.165, 1.54) is 38.1 Å². The van der Waals surface area contributed by atoms with E-state index in [0.29, 0.717) is 4.68 Å². The Bertz CT molecular complexity index is 1170. The van der Waals surface area contributed by atoms with Gasteiger partial charge in [-0.25, -0.2) is 29.1 Å². The Morgan fingerprint density at radius 1 is 0.857 bits per heavy atom. The summed E-state index contributed by atoms with van der Waals surface area (Å²) in [6.45, 7) is 0. The molecule has 1 N–H and O–H groups in total. The largest absolute Gasteiger partial charge is 0.466 e. The minimum atomic E-state index is -0.774. The van der Waals surface area contributed by atoms with Gasteiger partial charge in [0.05, 0.1) is 14.2 Å². The molecule has 18 nitrogen and oxygen atoms in total. The number of ether oxygens (including phenoxy) is 2. The normalized spacial score (nSPS) is 10.0. The van der Waals surface area contributed by atoms with Gasteiger partial charge in [0.25, 0.3) is 0 Å². The third-order valence-corrected chi connectivity index (χ3v) is 3.46. The van der Waals surface area contributed by atoms with Crippen molar-refractivity contribution < 1.29 is 28.7 Å². The molecule has 35 heavy (non-hydrogen) atoms. The van der Waals surface area contributed by atoms with Crippen molar-refractivity contribution in [1.29, 1.82) is 0 Å². The van der Waals surface area contributed by atoms with Crippen LogP contribution < -0.4 is 11.4 Å². The molecular formula is C16H23ClN10O8. The van der Waals surface area contributed by atoms with Crippen molar-refractivity contribution in [3.63, 3.8) is 0 Å². The van der Waals surface area contributed by atoms with Crippen molar-refractivity contribution >= 4 is 47.3 Å². The first-order valence-electron chi connectivity index (χ1n) is 9.00. The predicted molar refractivity (Wildman–Crippen MR) is 119 cm³/mol. The molecule has 2 aromatic heterocycles. The molecule has 0 radical (unpaired) electrons. The van der Waals surface area contributed by atoms with Gasteiger partial charge in [-0.05, 0) is 32.5 Å². The number of aromatic amines is 1. The molecule has 0 aromatic carbocycles. The zero-order valence-corrected chi connectivity index (χ0v) is 20.2. The number of hydrogen-bond donors (Lipinski definition) is 1. The van der Waals surface area contributed by atoms with Crippen LogP contribution in [0.3, 0.4) is 0 Å². The first kappa shape index (κ1) is 30.4. The number of halogens is 1. The van der Waals surface area contributed by atoms with Gasteiger partial charge in [0.1, 0.15) is 0 Å². The summed E-state index contributed by atoms with van der Waals surface area (Å²) in [5.41, 5.74) is -1.29. The average molecular weight is 519 g/mol. The zero-order valence-electron chi connectivity index (χ0n) is 19.5. The number of rotatable bonds is 4. The van der Waals surface area contributed by atoms with Gasteiger partial charge in [-0.2, -0.15) is 9.36 Å². The maximum absolute atomic E-state index is 11.6. The van der Waals surface area contributed by atoms with Crippen molar-refractivity contribution in [2.24, 2.45) is 0 Å². The van der Waals surface area contributed by atoms with Crippen LogP contribution in [0.25, 0.3) is 12.4 Å². The Labute approximate surface area is 201 Å². The van der Waals surface area contributed by atoms with Crippen LogP contribution in [-0.4, -0.2) is 116 Å². The third-order valence-electron chi connectivity index (χ3n) is 3.12. The summed E-state index contributed by atoms with van der Waals surface area (Å²) in [5, 5.41) is 14.9. The summed E-state index contributed by atoms with van der Waals surface area (Å²) in [4.78, 5) is 67.3. The van der Waals surface area contributed by atoms with Crippen LogP contribution in [0.4, 0.5) is 9.59 Å². The number of methoxy groups -OCH3 is 2. The van der Waals surface area contributed by atoms with Crippen molar-refractivity contribution in [1.82, 2.24) is 49.8 Å². The van der Waals surface area contributed by atoms with Crippen LogP contribution in [-0.2, 0) is 19.1 Å². The Morgan fingerprint density at radius 3 is 1.71 bits per heavy atom. The summed E-state index contributed by atoms with van der Waals surface area (Å²) < 4.78 is 10.8. The Balaban J connectivity index is 0.000000557. The Hall–Kier alpha value is -4.61. The predicted octanol–water partition coefficient (Wildman–Crippen LogP) is -1.87. The van der Waals surface area contributed by atoms with E-state index in [2.05, 4.69) is 35.4 Å². The first-order chi connectivity index (χ1) is 16.3. The van der Waals surface area contributed by atoms with Crippen LogP contribution >= 0.6 is 11.6 Å². The van der Waals surface area contributed by atoms with E-state index in [0.717, 1.165) is 33.9 Å². The van der Waals surface area contributed by atoms with Crippen LogP contribution in [0.1, 0.15) is 0 Å². The number of hydrogen-bond acceptors (Lipinski definition) is 12. The topological polar surface area (TPSA) is 210 Å². The highest BCUT2D eigenvalue weighted by molar-refractivity contribution is 6.62. The van der Waals surface area contributed by atoms with E-state index in [4.69, 9.17) is 11.6 Å². The standard InChI is InChI=1S/C8H11N5O4.C5H6N4O3.C3H6ClNO/c1-11(2)7(15)13-8(16)12(9-10-13)5-4-6(14)17-3;1-12-4(10)2-3-9-5(11)6-7-8-9;1-5(2)3(4)6/h4-5H,1-3H3;2-3H,1H3,(H,6,8,11);1-2H3/b5-4+;3-2+;. The number of aromatic nitrogens is 8. The monoisotopic (exact) mass is 518 g/mol. The quantitative estimate of drug-likeness (QED) is 0.155. The molecule has 0 unspecified atom stereocenters. The van der Waals surface area contributed by atoms with E-state index in [1.807, 2.05) is 0 Å². The second-order valence-corrected chi connectivity index (χ2v) is 6.39. The minimum absolute atomic E-state index is 0.435. The fraction of sp³-hybridized carbons (Fsp3) is 0.375. The van der Waals surface area contributed by atoms with Gasteiger partial charge < -0.3 is 19.3 Å². The summed E-state index contributed by atoms with van der Waals surface area (Å²) >= 11 is 4.90. The molecule has 0 bridgehead atoms. The fourth-order valence-electron chi connectivity index (χ4n) is 1.36. The molecule has 0 aliphatic carbocycles. The van der Waals surface area contributed by atoms with Gasteiger partial charge in [-0.15, -0.1) is 4.68 Å². The second kappa shape index (κ2) is 15.3. The molecule has 192 valence electrons. The zero-order chi connectivity index (χ0) is 27.1. The van der Waals surface area contributed by atoms with Crippen molar-refractivity contribution in [2.75, 3.05) is 42.4 Å². The number of amides is 2. The Kier molecular flexibility index (Phi) is 13.3. The molecule has 19 heteroatoms. The number of tetrazole rings is 2. The van der Waals surface area contributed by atoms with Crippen LogP contribution in [0, 0.1) is 0 Å². The lowest BCUT2D eigenvalue weighted by molar-refractivity contribution is -0.135. The maximum Gasteiger partial charge on any atom is 0.376 e. The maximum atomic E-state index is 11.6. The molecule has 0 saturated carbocycles. The number of H-pyrrole nitrogens is 1. The average Bonchev–Trinajstić information content (AvgIpc) is 3.40. The van der Waals surface area contributed by atoms with Gasteiger partial charge >= 0.3 is 34.7 Å². The van der Waals surface area contributed by atoms with Crippen molar-refractivity contribution in [3.05, 3.63) is 33.1 Å². The van der Waals surface area contributed by atoms with Gasteiger partial charge in [0.2, 0.25) is 0 Å². The second-order valence-electron chi connectivity index (χ2n) is 6.07. The van der Waals surface area contributed by atoms with Crippen molar-refractivity contribution in [2.45, 2.75) is 0 Å². The summed E-state index contributed by atoms with van der Waals surface area (Å²) in [5.74, 6) is -1.21. The third kappa shape index (κ3) is 11.2. The molecule has 0 saturated heterocycles. The van der Waals surface area contributed by atoms with Gasteiger partial charge in [-0.3, -0.25) is 4.79 Å². The molecule has 2 amide bonds. The molecule has 2 heterocycles. The van der Waals surface area contributed by atoms with Crippen LogP contribution in [0.5, 0.6) is 0 Å². The molecule has 2 aromatic rings. The molecule has 0 aliphatic heterocycles. The summed E-state index contributed by atoms with van der Waals surface area (Å²) in [6, 6.07) is -0.632. The van der Waals surface area contributed by atoms with E-state index in [1.54, 1.807) is 14.1 Å². The van der Waals surface area contributed by atoms with E-state index < -0.39 is 34.7 Å². The fourth-order valence-corrected chi connectivity index (χ4v) is 1.36. The number of carbonyl (C=O) groups excluding carboxylic acids is 4. The first-order valence-corrected chi connectivity index (χ1v) is 9.38. The summed E-state index contributed by atoms with van der Waals surface area (Å²) in [6.07, 6.45) is 4.25. The smallest absolute Gasteiger partial charge is 0.376 e. The number of nitrogens with zero attached hydrogens (tertiary/aromatic N) is 9. The summed E-state index contributed by atoms with van der Waals surface area (Å²) in [7, 11) is 8.56. The molecule has 0 fully saturated rings.